The van der Waals surface area contributed by atoms with Crippen molar-refractivity contribution < 1.29 is 0 Å². The van der Waals surface area contributed by atoms with Crippen molar-refractivity contribution in [1.82, 2.24) is 4.98 Å². The Labute approximate surface area is 71.5 Å². The normalized spacial score (nSPS) is 9.50. The van der Waals surface area contributed by atoms with Gasteiger partial charge < -0.3 is 10.6 Å². The van der Waals surface area contributed by atoms with Gasteiger partial charge in [-0.05, 0) is 6.07 Å². The lowest BCUT2D eigenvalue weighted by Crippen LogP contribution is -2.18. The van der Waals surface area contributed by atoms with E-state index < -0.39 is 0 Å². The maximum Gasteiger partial charge on any atom is 0.125 e. The minimum Gasteiger partial charge on any atom is -0.384 e. The molecule has 0 saturated heterocycles. The van der Waals surface area contributed by atoms with Crippen molar-refractivity contribution in [3.8, 4) is 0 Å². The van der Waals surface area contributed by atoms with Crippen molar-refractivity contribution >= 4 is 11.5 Å². The van der Waals surface area contributed by atoms with Crippen molar-refractivity contribution in [3.63, 3.8) is 0 Å². The summed E-state index contributed by atoms with van der Waals surface area (Å²) in [5.74, 6) is 0.0705. The number of pyridine rings is 1. The van der Waals surface area contributed by atoms with Gasteiger partial charge in [-0.25, -0.2) is 0 Å². The molecule has 1 aromatic heterocycles. The van der Waals surface area contributed by atoms with Crippen LogP contribution in [0.25, 0.3) is 0 Å². The van der Waals surface area contributed by atoms with E-state index in [2.05, 4.69) is 4.98 Å². The number of nitrogens with zero attached hydrogens (tertiary/aromatic N) is 2. The fourth-order valence-electron chi connectivity index (χ4n) is 0.970. The first kappa shape index (κ1) is 8.52. The topological polar surface area (TPSA) is 66.0 Å². The molecule has 0 aromatic carbocycles. The molecule has 0 aliphatic rings. The molecule has 3 N–H and O–H groups in total. The Bertz CT molecular complexity index is 293. The van der Waals surface area contributed by atoms with E-state index in [4.69, 9.17) is 11.1 Å². The Balaban J connectivity index is 3.17. The van der Waals surface area contributed by atoms with Crippen LogP contribution in [-0.2, 0) is 0 Å². The van der Waals surface area contributed by atoms with Crippen LogP contribution in [0.5, 0.6) is 0 Å². The van der Waals surface area contributed by atoms with Crippen LogP contribution in [0.15, 0.2) is 18.5 Å². The molecule has 0 radical (unpaired) electrons. The monoisotopic (exact) mass is 164 g/mol. The highest BCUT2D eigenvalue weighted by molar-refractivity contribution is 6.00. The number of hydrogen-bond donors (Lipinski definition) is 2. The van der Waals surface area contributed by atoms with E-state index in [1.165, 1.54) is 0 Å². The molecule has 0 amide bonds. The lowest BCUT2D eigenvalue weighted by molar-refractivity contribution is 1.10. The predicted molar refractivity (Wildman–Crippen MR) is 49.6 cm³/mol. The van der Waals surface area contributed by atoms with Crippen LogP contribution >= 0.6 is 0 Å². The largest absolute Gasteiger partial charge is 0.384 e. The van der Waals surface area contributed by atoms with Crippen LogP contribution in [0.3, 0.4) is 0 Å². The number of anilines is 1. The SMILES string of the molecule is CN(C)c1cnccc1C(=N)N. The zero-order chi connectivity index (χ0) is 9.14. The minimum atomic E-state index is 0.0705. The number of rotatable bonds is 2. The number of nitrogen functional groups attached to an aromatic ring is 1. The van der Waals surface area contributed by atoms with Gasteiger partial charge >= 0.3 is 0 Å². The molecule has 0 unspecified atom stereocenters. The van der Waals surface area contributed by atoms with Crippen molar-refractivity contribution in [2.24, 2.45) is 5.73 Å². The molecule has 0 fully saturated rings. The van der Waals surface area contributed by atoms with Gasteiger partial charge in [0.2, 0.25) is 0 Å². The minimum absolute atomic E-state index is 0.0705. The van der Waals surface area contributed by atoms with Crippen molar-refractivity contribution in [1.29, 1.82) is 5.41 Å². The molecule has 64 valence electrons. The molecule has 4 nitrogen and oxygen atoms in total. The van der Waals surface area contributed by atoms with Crippen molar-refractivity contribution in [2.75, 3.05) is 19.0 Å². The third-order valence-corrected chi connectivity index (χ3v) is 1.57. The van der Waals surface area contributed by atoms with E-state index in [1.807, 2.05) is 19.0 Å². The highest BCUT2D eigenvalue weighted by Gasteiger charge is 2.05. The van der Waals surface area contributed by atoms with Crippen LogP contribution in [0.2, 0.25) is 0 Å². The fourth-order valence-corrected chi connectivity index (χ4v) is 0.970. The smallest absolute Gasteiger partial charge is 0.125 e. The van der Waals surface area contributed by atoms with E-state index in [9.17, 15) is 0 Å². The Morgan fingerprint density at radius 1 is 1.58 bits per heavy atom. The molecule has 1 heterocycles. The van der Waals surface area contributed by atoms with E-state index in [1.54, 1.807) is 18.5 Å². The summed E-state index contributed by atoms with van der Waals surface area (Å²) >= 11 is 0. The zero-order valence-corrected chi connectivity index (χ0v) is 7.20. The summed E-state index contributed by atoms with van der Waals surface area (Å²) < 4.78 is 0. The van der Waals surface area contributed by atoms with Crippen LogP contribution in [0, 0.1) is 5.41 Å². The van der Waals surface area contributed by atoms with Gasteiger partial charge in [0.15, 0.2) is 0 Å². The Morgan fingerprint density at radius 2 is 2.25 bits per heavy atom. The molecular weight excluding hydrogens is 152 g/mol. The number of aromatic nitrogens is 1. The number of nitrogens with one attached hydrogen (secondary N) is 1. The number of amidine groups is 1. The first-order valence-corrected chi connectivity index (χ1v) is 3.58. The molecule has 0 aliphatic heterocycles. The standard InChI is InChI=1S/C8H12N4/c1-12(2)7-5-11-4-3-6(7)8(9)10/h3-5H,1-2H3,(H3,9,10). The van der Waals surface area contributed by atoms with Gasteiger partial charge in [-0.1, -0.05) is 0 Å². The van der Waals surface area contributed by atoms with Crippen LogP contribution in [0.1, 0.15) is 5.56 Å². The van der Waals surface area contributed by atoms with Crippen molar-refractivity contribution in [3.05, 3.63) is 24.0 Å². The average Bonchev–Trinajstić information content (AvgIpc) is 2.04. The van der Waals surface area contributed by atoms with Gasteiger partial charge in [0, 0.05) is 25.9 Å². The summed E-state index contributed by atoms with van der Waals surface area (Å²) in [6.45, 7) is 0. The van der Waals surface area contributed by atoms with E-state index in [0.29, 0.717) is 0 Å². The van der Waals surface area contributed by atoms with Gasteiger partial charge in [-0.15, -0.1) is 0 Å². The number of nitrogens with two attached hydrogens (primary N) is 1. The lowest BCUT2D eigenvalue weighted by Gasteiger charge is -2.15. The maximum absolute atomic E-state index is 7.29. The summed E-state index contributed by atoms with van der Waals surface area (Å²) in [6.07, 6.45) is 3.32. The van der Waals surface area contributed by atoms with Crippen molar-refractivity contribution in [2.45, 2.75) is 0 Å². The summed E-state index contributed by atoms with van der Waals surface area (Å²) in [7, 11) is 3.78. The van der Waals surface area contributed by atoms with Gasteiger partial charge in [-0.2, -0.15) is 0 Å². The van der Waals surface area contributed by atoms with E-state index >= 15 is 0 Å². The predicted octanol–water partition coefficient (Wildman–Crippen LogP) is 0.432. The number of hydrogen-bond acceptors (Lipinski definition) is 3. The second-order valence-corrected chi connectivity index (χ2v) is 2.70. The first-order valence-electron chi connectivity index (χ1n) is 3.58. The lowest BCUT2D eigenvalue weighted by atomic mass is 10.2. The van der Waals surface area contributed by atoms with Gasteiger partial charge in [-0.3, -0.25) is 10.4 Å². The van der Waals surface area contributed by atoms with Crippen LogP contribution in [-0.4, -0.2) is 24.9 Å². The van der Waals surface area contributed by atoms with Gasteiger partial charge in [0.1, 0.15) is 5.84 Å². The average molecular weight is 164 g/mol. The summed E-state index contributed by atoms with van der Waals surface area (Å²) in [5, 5.41) is 7.29. The van der Waals surface area contributed by atoms with Gasteiger partial charge in [0.05, 0.1) is 11.9 Å². The van der Waals surface area contributed by atoms with E-state index in [-0.39, 0.29) is 5.84 Å². The molecule has 0 spiro atoms. The maximum atomic E-state index is 7.29. The first-order chi connectivity index (χ1) is 5.63. The van der Waals surface area contributed by atoms with Gasteiger partial charge in [0.25, 0.3) is 0 Å². The highest BCUT2D eigenvalue weighted by atomic mass is 15.1. The Kier molecular flexibility index (Phi) is 2.28. The summed E-state index contributed by atoms with van der Waals surface area (Å²) in [4.78, 5) is 5.83. The fraction of sp³-hybridized carbons (Fsp3) is 0.250. The Hall–Kier alpha value is -1.58. The molecule has 0 saturated carbocycles. The molecule has 4 heteroatoms. The molecule has 0 aliphatic carbocycles. The zero-order valence-electron chi connectivity index (χ0n) is 7.20. The summed E-state index contributed by atoms with van der Waals surface area (Å²) in [6, 6.07) is 1.73. The second kappa shape index (κ2) is 3.21. The Morgan fingerprint density at radius 3 is 2.67 bits per heavy atom. The molecule has 0 atom stereocenters. The highest BCUT2D eigenvalue weighted by Crippen LogP contribution is 2.14. The van der Waals surface area contributed by atoms with E-state index in [0.717, 1.165) is 11.3 Å². The van der Waals surface area contributed by atoms with Crippen LogP contribution in [0.4, 0.5) is 5.69 Å². The molecule has 12 heavy (non-hydrogen) atoms. The van der Waals surface area contributed by atoms with Crippen LogP contribution < -0.4 is 10.6 Å². The third kappa shape index (κ3) is 1.53. The molecule has 0 bridgehead atoms. The third-order valence-electron chi connectivity index (χ3n) is 1.57. The molecular formula is C8H12N4. The molecule has 1 rings (SSSR count). The summed E-state index contributed by atoms with van der Waals surface area (Å²) in [5.41, 5.74) is 6.96. The second-order valence-electron chi connectivity index (χ2n) is 2.70. The quantitative estimate of drug-likeness (QED) is 0.492. The molecule has 1 aromatic rings.